The summed E-state index contributed by atoms with van der Waals surface area (Å²) in [5.41, 5.74) is 5.40. The van der Waals surface area contributed by atoms with E-state index in [1.165, 1.54) is 4.88 Å². The molecule has 2 saturated heterocycles. The van der Waals surface area contributed by atoms with Gasteiger partial charge in [0, 0.05) is 44.1 Å². The van der Waals surface area contributed by atoms with Gasteiger partial charge in [0.2, 0.25) is 11.8 Å². The number of hydrogen-bond acceptors (Lipinski definition) is 6. The molecule has 3 heterocycles. The van der Waals surface area contributed by atoms with Crippen LogP contribution >= 0.6 is 11.3 Å². The Bertz CT molecular complexity index is 558. The van der Waals surface area contributed by atoms with Crippen LogP contribution < -0.4 is 5.73 Å². The second kappa shape index (κ2) is 8.06. The molecule has 1 atom stereocenters. The second-order valence-electron chi connectivity index (χ2n) is 6.20. The lowest BCUT2D eigenvalue weighted by molar-refractivity contribution is -0.139. The molecule has 0 bridgehead atoms. The molecule has 24 heavy (non-hydrogen) atoms. The molecular weight excluding hydrogens is 328 g/mol. The molecule has 1 unspecified atom stereocenters. The van der Waals surface area contributed by atoms with E-state index in [0.29, 0.717) is 13.2 Å². The fourth-order valence-electron chi connectivity index (χ4n) is 3.14. The van der Waals surface area contributed by atoms with Gasteiger partial charge in [0.05, 0.1) is 19.8 Å². The molecule has 132 valence electrons. The number of thiophene rings is 1. The molecule has 8 heteroatoms. The average molecular weight is 352 g/mol. The van der Waals surface area contributed by atoms with Crippen molar-refractivity contribution in [1.82, 2.24) is 14.7 Å². The maximum Gasteiger partial charge on any atom is 0.237 e. The molecule has 0 saturated carbocycles. The summed E-state index contributed by atoms with van der Waals surface area (Å²) in [4.78, 5) is 31.5. The summed E-state index contributed by atoms with van der Waals surface area (Å²) in [5, 5.41) is 2.09. The average Bonchev–Trinajstić information content (AvgIpc) is 3.09. The van der Waals surface area contributed by atoms with Gasteiger partial charge in [0.15, 0.2) is 0 Å². The van der Waals surface area contributed by atoms with Gasteiger partial charge in [-0.15, -0.1) is 11.3 Å². The number of nitrogens with zero attached hydrogens (tertiary/aromatic N) is 3. The van der Waals surface area contributed by atoms with Gasteiger partial charge in [-0.2, -0.15) is 0 Å². The van der Waals surface area contributed by atoms with Crippen LogP contribution in [0.5, 0.6) is 0 Å². The third-order valence-electron chi connectivity index (χ3n) is 4.59. The Morgan fingerprint density at radius 3 is 2.71 bits per heavy atom. The first-order valence-electron chi connectivity index (χ1n) is 8.27. The van der Waals surface area contributed by atoms with Gasteiger partial charge in [-0.3, -0.25) is 19.4 Å². The molecule has 2 amide bonds. The van der Waals surface area contributed by atoms with Crippen molar-refractivity contribution in [3.63, 3.8) is 0 Å². The van der Waals surface area contributed by atoms with E-state index in [0.717, 1.165) is 32.7 Å². The lowest BCUT2D eigenvalue weighted by Gasteiger charge is -2.37. The predicted molar refractivity (Wildman–Crippen MR) is 91.6 cm³/mol. The number of amides is 2. The number of nitrogens with two attached hydrogens (primary N) is 1. The van der Waals surface area contributed by atoms with Gasteiger partial charge in [-0.05, 0) is 11.4 Å². The summed E-state index contributed by atoms with van der Waals surface area (Å²) in [7, 11) is 0. The van der Waals surface area contributed by atoms with Crippen molar-refractivity contribution in [3.8, 4) is 0 Å². The highest BCUT2D eigenvalue weighted by Crippen LogP contribution is 2.14. The number of piperazine rings is 1. The summed E-state index contributed by atoms with van der Waals surface area (Å²) in [6.07, 6.45) is 0. The summed E-state index contributed by atoms with van der Waals surface area (Å²) >= 11 is 1.77. The Morgan fingerprint density at radius 2 is 2.04 bits per heavy atom. The Hall–Kier alpha value is -1.48. The van der Waals surface area contributed by atoms with Crippen LogP contribution in [-0.2, 0) is 20.9 Å². The number of rotatable bonds is 5. The maximum atomic E-state index is 12.5. The van der Waals surface area contributed by atoms with Crippen LogP contribution in [0.15, 0.2) is 17.5 Å². The van der Waals surface area contributed by atoms with Gasteiger partial charge in [-0.25, -0.2) is 0 Å². The number of morpholine rings is 1. The largest absolute Gasteiger partial charge is 0.378 e. The Kier molecular flexibility index (Phi) is 5.83. The van der Waals surface area contributed by atoms with E-state index in [9.17, 15) is 9.59 Å². The van der Waals surface area contributed by atoms with Crippen LogP contribution in [-0.4, -0.2) is 85.0 Å². The molecule has 1 aromatic rings. The lowest BCUT2D eigenvalue weighted by atomic mass is 10.2. The van der Waals surface area contributed by atoms with E-state index in [-0.39, 0.29) is 19.1 Å². The van der Waals surface area contributed by atoms with Crippen LogP contribution in [0.1, 0.15) is 4.88 Å². The molecule has 2 aliphatic rings. The molecule has 2 N–H and O–H groups in total. The van der Waals surface area contributed by atoms with E-state index in [2.05, 4.69) is 22.4 Å². The zero-order valence-corrected chi connectivity index (χ0v) is 14.5. The van der Waals surface area contributed by atoms with Crippen molar-refractivity contribution in [2.45, 2.75) is 12.6 Å². The standard InChI is InChI=1S/C16H24N4O3S/c17-16(22)14-12-23-8-7-20(14)11-15(21)19-5-3-18(4-6-19)10-13-2-1-9-24-13/h1-2,9,14H,3-8,10-12H2,(H2,17,22). The van der Waals surface area contributed by atoms with Gasteiger partial charge >= 0.3 is 0 Å². The van der Waals surface area contributed by atoms with Crippen molar-refractivity contribution in [2.24, 2.45) is 5.73 Å². The van der Waals surface area contributed by atoms with Crippen LogP contribution in [0.25, 0.3) is 0 Å². The first kappa shape index (κ1) is 17.3. The zero-order chi connectivity index (χ0) is 16.9. The van der Waals surface area contributed by atoms with E-state index in [1.54, 1.807) is 11.3 Å². The summed E-state index contributed by atoms with van der Waals surface area (Å²) in [5.74, 6) is -0.359. The van der Waals surface area contributed by atoms with E-state index < -0.39 is 11.9 Å². The van der Waals surface area contributed by atoms with Gasteiger partial charge in [0.25, 0.3) is 0 Å². The highest BCUT2D eigenvalue weighted by molar-refractivity contribution is 7.09. The first-order chi connectivity index (χ1) is 11.6. The molecular formula is C16H24N4O3S. The second-order valence-corrected chi connectivity index (χ2v) is 7.23. The van der Waals surface area contributed by atoms with Gasteiger partial charge < -0.3 is 15.4 Å². The fourth-order valence-corrected chi connectivity index (χ4v) is 3.89. The summed E-state index contributed by atoms with van der Waals surface area (Å²) < 4.78 is 5.29. The van der Waals surface area contributed by atoms with Crippen molar-refractivity contribution >= 4 is 23.2 Å². The highest BCUT2D eigenvalue weighted by Gasteiger charge is 2.31. The number of primary amides is 1. The molecule has 2 fully saturated rings. The minimum absolute atomic E-state index is 0.0684. The number of ether oxygens (including phenoxy) is 1. The molecule has 0 spiro atoms. The molecule has 7 nitrogen and oxygen atoms in total. The van der Waals surface area contributed by atoms with E-state index in [1.807, 2.05) is 9.80 Å². The lowest BCUT2D eigenvalue weighted by Crippen LogP contribution is -2.57. The van der Waals surface area contributed by atoms with Crippen molar-refractivity contribution < 1.29 is 14.3 Å². The van der Waals surface area contributed by atoms with Gasteiger partial charge in [-0.1, -0.05) is 6.07 Å². The fraction of sp³-hybridized carbons (Fsp3) is 0.625. The Balaban J connectivity index is 1.47. The topological polar surface area (TPSA) is 79.1 Å². The van der Waals surface area contributed by atoms with Crippen LogP contribution in [0.2, 0.25) is 0 Å². The van der Waals surface area contributed by atoms with Crippen molar-refractivity contribution in [3.05, 3.63) is 22.4 Å². The highest BCUT2D eigenvalue weighted by atomic mass is 32.1. The molecule has 0 radical (unpaired) electrons. The van der Waals surface area contributed by atoms with Gasteiger partial charge in [0.1, 0.15) is 6.04 Å². The molecule has 3 rings (SSSR count). The van der Waals surface area contributed by atoms with Crippen LogP contribution in [0.3, 0.4) is 0 Å². The first-order valence-corrected chi connectivity index (χ1v) is 9.15. The van der Waals surface area contributed by atoms with Crippen molar-refractivity contribution in [1.29, 1.82) is 0 Å². The Morgan fingerprint density at radius 1 is 1.25 bits per heavy atom. The SMILES string of the molecule is NC(=O)C1COCCN1CC(=O)N1CCN(Cc2cccs2)CC1. The maximum absolute atomic E-state index is 12.5. The minimum atomic E-state index is -0.497. The third kappa shape index (κ3) is 4.32. The predicted octanol–water partition coefficient (Wildman–Crippen LogP) is -0.422. The molecule has 0 aliphatic carbocycles. The zero-order valence-electron chi connectivity index (χ0n) is 13.7. The Labute approximate surface area is 145 Å². The van der Waals surface area contributed by atoms with E-state index in [4.69, 9.17) is 10.5 Å². The van der Waals surface area contributed by atoms with Crippen LogP contribution in [0.4, 0.5) is 0 Å². The quantitative estimate of drug-likeness (QED) is 0.779. The molecule has 0 aromatic carbocycles. The molecule has 2 aliphatic heterocycles. The minimum Gasteiger partial charge on any atom is -0.378 e. The smallest absolute Gasteiger partial charge is 0.237 e. The summed E-state index contributed by atoms with van der Waals surface area (Å²) in [6.45, 7) is 5.79. The normalized spacial score (nSPS) is 23.3. The molecule has 1 aromatic heterocycles. The third-order valence-corrected chi connectivity index (χ3v) is 5.45. The number of carbonyl (C=O) groups is 2. The van der Waals surface area contributed by atoms with Crippen LogP contribution in [0, 0.1) is 0 Å². The van der Waals surface area contributed by atoms with E-state index >= 15 is 0 Å². The monoisotopic (exact) mass is 352 g/mol. The number of hydrogen-bond donors (Lipinski definition) is 1. The van der Waals surface area contributed by atoms with Crippen molar-refractivity contribution in [2.75, 3.05) is 52.5 Å². The summed E-state index contributed by atoms with van der Waals surface area (Å²) in [6, 6.07) is 3.71. The number of carbonyl (C=O) groups excluding carboxylic acids is 2.